The molecule has 0 aliphatic heterocycles. The Balaban J connectivity index is 2.83. The molecule has 1 aromatic rings. The Labute approximate surface area is 118 Å². The van der Waals surface area contributed by atoms with Gasteiger partial charge in [-0.2, -0.15) is 0 Å². The Morgan fingerprint density at radius 2 is 1.94 bits per heavy atom. The van der Waals surface area contributed by atoms with Crippen LogP contribution in [0, 0.1) is 5.92 Å². The van der Waals surface area contributed by atoms with E-state index in [1.165, 1.54) is 12.1 Å². The van der Waals surface area contributed by atoms with Crippen molar-refractivity contribution in [1.82, 2.24) is 10.0 Å². The smallest absolute Gasteiger partial charge is 0.242 e. The molecule has 0 radical (unpaired) electrons. The van der Waals surface area contributed by atoms with Gasteiger partial charge < -0.3 is 5.32 Å². The summed E-state index contributed by atoms with van der Waals surface area (Å²) in [6.45, 7) is 3.01. The summed E-state index contributed by atoms with van der Waals surface area (Å²) in [4.78, 5) is 0.00771. The van der Waals surface area contributed by atoms with Gasteiger partial charge in [0.2, 0.25) is 10.0 Å². The summed E-state index contributed by atoms with van der Waals surface area (Å²) in [5.74, 6) is 0.183. The molecule has 2 N–H and O–H groups in total. The van der Waals surface area contributed by atoms with Gasteiger partial charge in [-0.3, -0.25) is 0 Å². The molecule has 0 fully saturated rings. The minimum Gasteiger partial charge on any atom is -0.319 e. The average Bonchev–Trinajstić information content (AvgIpc) is 2.30. The first-order chi connectivity index (χ1) is 8.36. The van der Waals surface area contributed by atoms with Gasteiger partial charge in [0.1, 0.15) is 4.90 Å². The Morgan fingerprint density at radius 1 is 1.28 bits per heavy atom. The second-order valence-corrected chi connectivity index (χ2v) is 6.67. The topological polar surface area (TPSA) is 58.2 Å². The molecule has 0 aliphatic rings. The number of hydrogen-bond acceptors (Lipinski definition) is 3. The number of hydrogen-bond donors (Lipinski definition) is 2. The van der Waals surface area contributed by atoms with E-state index in [1.54, 1.807) is 6.07 Å². The van der Waals surface area contributed by atoms with Gasteiger partial charge in [-0.15, -0.1) is 0 Å². The first-order valence-electron chi connectivity index (χ1n) is 5.46. The van der Waals surface area contributed by atoms with Crippen LogP contribution < -0.4 is 10.0 Å². The number of sulfonamides is 1. The van der Waals surface area contributed by atoms with Crippen molar-refractivity contribution < 1.29 is 8.42 Å². The SMILES string of the molecule is CNCC(C)CNS(=O)(=O)c1cc(Cl)ccc1Cl. The van der Waals surface area contributed by atoms with Gasteiger partial charge in [0.15, 0.2) is 0 Å². The van der Waals surface area contributed by atoms with E-state index in [2.05, 4.69) is 10.0 Å². The first kappa shape index (κ1) is 15.7. The van der Waals surface area contributed by atoms with E-state index >= 15 is 0 Å². The van der Waals surface area contributed by atoms with Crippen molar-refractivity contribution in [3.63, 3.8) is 0 Å². The lowest BCUT2D eigenvalue weighted by atomic mass is 10.2. The lowest BCUT2D eigenvalue weighted by molar-refractivity contribution is 0.519. The van der Waals surface area contributed by atoms with Gasteiger partial charge >= 0.3 is 0 Å². The Bertz CT molecular complexity index is 506. The van der Waals surface area contributed by atoms with Crippen molar-refractivity contribution in [1.29, 1.82) is 0 Å². The van der Waals surface area contributed by atoms with Crippen LogP contribution in [0.3, 0.4) is 0 Å². The minimum atomic E-state index is -3.62. The Hall–Kier alpha value is -0.330. The monoisotopic (exact) mass is 310 g/mol. The van der Waals surface area contributed by atoms with Crippen molar-refractivity contribution >= 4 is 33.2 Å². The van der Waals surface area contributed by atoms with Crippen LogP contribution in [-0.2, 0) is 10.0 Å². The molecule has 1 atom stereocenters. The van der Waals surface area contributed by atoms with Crippen LogP contribution in [0.2, 0.25) is 10.0 Å². The lowest BCUT2D eigenvalue weighted by Crippen LogP contribution is -2.32. The van der Waals surface area contributed by atoms with Crippen molar-refractivity contribution in [2.24, 2.45) is 5.92 Å². The molecule has 0 saturated heterocycles. The van der Waals surface area contributed by atoms with E-state index in [4.69, 9.17) is 23.2 Å². The fourth-order valence-corrected chi connectivity index (χ4v) is 3.36. The molecule has 0 saturated carbocycles. The van der Waals surface area contributed by atoms with Crippen molar-refractivity contribution in [3.05, 3.63) is 28.2 Å². The molecule has 1 aromatic carbocycles. The van der Waals surface area contributed by atoms with Crippen LogP contribution in [-0.4, -0.2) is 28.6 Å². The molecule has 0 amide bonds. The van der Waals surface area contributed by atoms with E-state index in [0.29, 0.717) is 11.6 Å². The van der Waals surface area contributed by atoms with E-state index in [-0.39, 0.29) is 15.8 Å². The maximum absolute atomic E-state index is 12.0. The van der Waals surface area contributed by atoms with Crippen LogP contribution >= 0.6 is 23.2 Å². The predicted octanol–water partition coefficient (Wildman–Crippen LogP) is 2.13. The van der Waals surface area contributed by atoms with Crippen molar-refractivity contribution in [2.45, 2.75) is 11.8 Å². The molecule has 0 aliphatic carbocycles. The van der Waals surface area contributed by atoms with Crippen LogP contribution in [0.4, 0.5) is 0 Å². The molecule has 1 rings (SSSR count). The summed E-state index contributed by atoms with van der Waals surface area (Å²) >= 11 is 11.6. The van der Waals surface area contributed by atoms with E-state index in [1.807, 2.05) is 14.0 Å². The first-order valence-corrected chi connectivity index (χ1v) is 7.70. The van der Waals surface area contributed by atoms with Gasteiger partial charge in [-0.05, 0) is 37.7 Å². The maximum atomic E-state index is 12.0. The third-order valence-electron chi connectivity index (χ3n) is 2.36. The maximum Gasteiger partial charge on any atom is 0.242 e. The van der Waals surface area contributed by atoms with E-state index in [0.717, 1.165) is 6.54 Å². The zero-order valence-electron chi connectivity index (χ0n) is 10.2. The Morgan fingerprint density at radius 3 is 2.56 bits per heavy atom. The van der Waals surface area contributed by atoms with Crippen molar-refractivity contribution in [3.8, 4) is 0 Å². The van der Waals surface area contributed by atoms with Gasteiger partial charge in [-0.1, -0.05) is 30.1 Å². The molecule has 0 aromatic heterocycles. The molecular weight excluding hydrogens is 295 g/mol. The third-order valence-corrected chi connectivity index (χ3v) is 4.50. The summed E-state index contributed by atoms with van der Waals surface area (Å²) in [7, 11) is -1.80. The highest BCUT2D eigenvalue weighted by molar-refractivity contribution is 7.89. The summed E-state index contributed by atoms with van der Waals surface area (Å²) < 4.78 is 26.6. The second-order valence-electron chi connectivity index (χ2n) is 4.09. The predicted molar refractivity (Wildman–Crippen MR) is 74.7 cm³/mol. The standard InChI is InChI=1S/C11H16Cl2N2O2S/c1-8(6-14-2)7-15-18(16,17)11-5-9(12)3-4-10(11)13/h3-5,8,14-15H,6-7H2,1-2H3. The number of halogens is 2. The fraction of sp³-hybridized carbons (Fsp3) is 0.455. The van der Waals surface area contributed by atoms with Crippen LogP contribution in [0.1, 0.15) is 6.92 Å². The van der Waals surface area contributed by atoms with Gasteiger partial charge in [0.25, 0.3) is 0 Å². The minimum absolute atomic E-state index is 0.00771. The van der Waals surface area contributed by atoms with Gasteiger partial charge in [-0.25, -0.2) is 13.1 Å². The largest absolute Gasteiger partial charge is 0.319 e. The molecule has 4 nitrogen and oxygen atoms in total. The third kappa shape index (κ3) is 4.40. The van der Waals surface area contributed by atoms with Gasteiger partial charge in [0, 0.05) is 11.6 Å². The highest BCUT2D eigenvalue weighted by atomic mass is 35.5. The summed E-state index contributed by atoms with van der Waals surface area (Å²) in [5, 5.41) is 3.48. The zero-order valence-corrected chi connectivity index (χ0v) is 12.5. The lowest BCUT2D eigenvalue weighted by Gasteiger charge is -2.13. The van der Waals surface area contributed by atoms with Gasteiger partial charge in [0.05, 0.1) is 5.02 Å². The molecule has 18 heavy (non-hydrogen) atoms. The number of rotatable bonds is 6. The van der Waals surface area contributed by atoms with Crippen molar-refractivity contribution in [2.75, 3.05) is 20.1 Å². The fourth-order valence-electron chi connectivity index (χ4n) is 1.43. The molecule has 1 unspecified atom stereocenters. The quantitative estimate of drug-likeness (QED) is 0.846. The van der Waals surface area contributed by atoms with Crippen LogP contribution in [0.25, 0.3) is 0 Å². The Kier molecular flexibility index (Phi) is 5.88. The highest BCUT2D eigenvalue weighted by Crippen LogP contribution is 2.24. The molecule has 0 spiro atoms. The zero-order chi connectivity index (χ0) is 13.8. The highest BCUT2D eigenvalue weighted by Gasteiger charge is 2.18. The summed E-state index contributed by atoms with van der Waals surface area (Å²) in [6.07, 6.45) is 0. The normalized spacial score (nSPS) is 13.6. The molecule has 7 heteroatoms. The molecule has 0 bridgehead atoms. The average molecular weight is 311 g/mol. The van der Waals surface area contributed by atoms with Crippen LogP contribution in [0.5, 0.6) is 0 Å². The second kappa shape index (κ2) is 6.73. The van der Waals surface area contributed by atoms with E-state index < -0.39 is 10.0 Å². The summed E-state index contributed by atoms with van der Waals surface area (Å²) in [5.41, 5.74) is 0. The molecular formula is C11H16Cl2N2O2S. The van der Waals surface area contributed by atoms with E-state index in [9.17, 15) is 8.42 Å². The molecule has 0 heterocycles. The summed E-state index contributed by atoms with van der Waals surface area (Å²) in [6, 6.07) is 4.36. The van der Waals surface area contributed by atoms with Crippen LogP contribution in [0.15, 0.2) is 23.1 Å². The number of benzene rings is 1. The molecule has 102 valence electrons. The number of nitrogens with one attached hydrogen (secondary N) is 2.